The van der Waals surface area contributed by atoms with Crippen molar-refractivity contribution in [2.75, 3.05) is 26.2 Å². The maximum Gasteiger partial charge on any atom is 0.183 e. The number of benzene rings is 3. The zero-order chi connectivity index (χ0) is 39.2. The second-order valence-corrected chi connectivity index (χ2v) is 12.1. The number of carbonyl (C=O) groups excluding carboxylic acids is 4. The van der Waals surface area contributed by atoms with Crippen LogP contribution < -0.4 is 30.9 Å². The molecule has 13 heteroatoms. The predicted octanol–water partition coefficient (Wildman–Crippen LogP) is -0.737. The molecule has 0 unspecified atom stereocenters. The van der Waals surface area contributed by atoms with Gasteiger partial charge in [-0.2, -0.15) is 0 Å². The number of hydrogen-bond acceptors (Lipinski definition) is 13. The summed E-state index contributed by atoms with van der Waals surface area (Å²) in [5, 5.41) is 45.2. The molecule has 0 bridgehead atoms. The lowest BCUT2D eigenvalue weighted by Crippen LogP contribution is -2.44. The van der Waals surface area contributed by atoms with Crippen LogP contribution in [0.1, 0.15) is 52.5 Å². The number of nitrogens with zero attached hydrogens (tertiary/aromatic N) is 3. The van der Waals surface area contributed by atoms with Gasteiger partial charge in [0, 0.05) is 50.4 Å². The van der Waals surface area contributed by atoms with Crippen LogP contribution in [0.3, 0.4) is 0 Å². The molecule has 1 aromatic heterocycles. The smallest absolute Gasteiger partial charge is 0.183 e. The van der Waals surface area contributed by atoms with Gasteiger partial charge >= 0.3 is 0 Å². The summed E-state index contributed by atoms with van der Waals surface area (Å²) in [4.78, 5) is 51.6. The van der Waals surface area contributed by atoms with E-state index >= 15 is 0 Å². The van der Waals surface area contributed by atoms with E-state index in [-0.39, 0.29) is 30.4 Å². The monoisotopic (exact) mass is 728 g/mol. The van der Waals surface area contributed by atoms with Crippen LogP contribution in [-0.2, 0) is 32.3 Å². The van der Waals surface area contributed by atoms with Crippen LogP contribution in [0.2, 0.25) is 0 Å². The number of rotatable bonds is 18. The molecule has 0 aliphatic rings. The van der Waals surface area contributed by atoms with E-state index in [0.29, 0.717) is 16.9 Å². The maximum atomic E-state index is 11.3. The van der Waals surface area contributed by atoms with Crippen LogP contribution in [0, 0.1) is 11.8 Å². The van der Waals surface area contributed by atoms with E-state index in [2.05, 4.69) is 42.5 Å². The van der Waals surface area contributed by atoms with Gasteiger partial charge in [0.1, 0.15) is 5.75 Å². The van der Waals surface area contributed by atoms with Gasteiger partial charge < -0.3 is 50.1 Å². The Bertz CT molecular complexity index is 2000. The largest absolute Gasteiger partial charge is 0.549 e. The Labute approximate surface area is 312 Å². The molecule has 1 heterocycles. The second-order valence-electron chi connectivity index (χ2n) is 12.1. The minimum absolute atomic E-state index is 0.0786. The Balaban J connectivity index is 1.74. The molecule has 3 aromatic carbocycles. The lowest BCUT2D eigenvalue weighted by molar-refractivity contribution is -0.313. The van der Waals surface area contributed by atoms with Crippen molar-refractivity contribution in [2.24, 2.45) is 5.73 Å². The minimum atomic E-state index is -1.53. The molecule has 0 aliphatic heterocycles. The van der Waals surface area contributed by atoms with Crippen molar-refractivity contribution in [3.05, 3.63) is 143 Å². The normalized spacial score (nSPS) is 11.3. The summed E-state index contributed by atoms with van der Waals surface area (Å²) in [6, 6.07) is 28.2. The lowest BCUT2D eigenvalue weighted by atomic mass is 9.88. The molecule has 0 fully saturated rings. The third-order valence-electron chi connectivity index (χ3n) is 7.81. The number of allylic oxidation sites excluding steroid dienone is 1. The van der Waals surface area contributed by atoms with Crippen molar-refractivity contribution in [2.45, 2.75) is 26.4 Å². The van der Waals surface area contributed by atoms with E-state index in [4.69, 9.17) is 10.5 Å². The van der Waals surface area contributed by atoms with E-state index in [0.717, 1.165) is 44.1 Å². The van der Waals surface area contributed by atoms with Crippen molar-refractivity contribution in [3.63, 3.8) is 0 Å². The standard InChI is InChI=1S/C41H40N4O9/c1-3-36(30-7-5-4-6-8-30)41(32-15-17-35(18-16-32)54-27(2)42)31-13-11-28(12-14-31)9-10-29-19-33(21-44(23-37(46)47)24-38(48)49)43-34(20-29)22-45(25-39(50)51)26-40(52)53/h4-8,11-20H,2-3,21-26,42H2,1H3,(H,46,47)(H,48,49)(H,50,51)(H,52,53)/p-4/b41-36-. The fourth-order valence-electron chi connectivity index (χ4n) is 5.79. The van der Waals surface area contributed by atoms with Crippen molar-refractivity contribution < 1.29 is 44.3 Å². The van der Waals surface area contributed by atoms with Gasteiger partial charge in [-0.15, -0.1) is 0 Å². The first-order valence-electron chi connectivity index (χ1n) is 16.7. The summed E-state index contributed by atoms with van der Waals surface area (Å²) in [5.74, 6) is 0.634. The third-order valence-corrected chi connectivity index (χ3v) is 7.81. The predicted molar refractivity (Wildman–Crippen MR) is 190 cm³/mol. The Morgan fingerprint density at radius 3 is 1.54 bits per heavy atom. The Morgan fingerprint density at radius 2 is 1.11 bits per heavy atom. The fourth-order valence-corrected chi connectivity index (χ4v) is 5.79. The molecule has 54 heavy (non-hydrogen) atoms. The number of nitrogens with two attached hydrogens (primary N) is 1. The highest BCUT2D eigenvalue weighted by atomic mass is 16.5. The van der Waals surface area contributed by atoms with Gasteiger partial charge in [-0.05, 0) is 77.2 Å². The molecule has 0 saturated heterocycles. The molecule has 2 N–H and O–H groups in total. The highest BCUT2D eigenvalue weighted by Crippen LogP contribution is 2.35. The summed E-state index contributed by atoms with van der Waals surface area (Å²) >= 11 is 0. The molecule has 13 nitrogen and oxygen atoms in total. The number of carbonyl (C=O) groups is 4. The van der Waals surface area contributed by atoms with Crippen molar-refractivity contribution in [3.8, 4) is 17.6 Å². The van der Waals surface area contributed by atoms with Crippen molar-refractivity contribution in [1.82, 2.24) is 14.8 Å². The molecule has 0 atom stereocenters. The molecule has 0 amide bonds. The molecule has 278 valence electrons. The van der Waals surface area contributed by atoms with Crippen LogP contribution in [-0.4, -0.2) is 64.8 Å². The van der Waals surface area contributed by atoms with Crippen LogP contribution >= 0.6 is 0 Å². The van der Waals surface area contributed by atoms with Gasteiger partial charge in [-0.25, -0.2) is 0 Å². The van der Waals surface area contributed by atoms with Gasteiger partial charge in [0.25, 0.3) is 0 Å². The molecule has 0 radical (unpaired) electrons. The molecule has 4 aromatic rings. The van der Waals surface area contributed by atoms with Gasteiger partial charge in [0.05, 0.1) is 35.3 Å². The van der Waals surface area contributed by atoms with Crippen molar-refractivity contribution in [1.29, 1.82) is 0 Å². The maximum absolute atomic E-state index is 11.3. The average Bonchev–Trinajstić information content (AvgIpc) is 3.09. The summed E-state index contributed by atoms with van der Waals surface area (Å²) < 4.78 is 5.46. The van der Waals surface area contributed by atoms with E-state index in [1.165, 1.54) is 12.1 Å². The van der Waals surface area contributed by atoms with E-state index in [1.807, 2.05) is 66.7 Å². The van der Waals surface area contributed by atoms with Crippen LogP contribution in [0.5, 0.6) is 5.75 Å². The van der Waals surface area contributed by atoms with Gasteiger partial charge in [0.2, 0.25) is 0 Å². The molecule has 0 aliphatic carbocycles. The fraction of sp³-hybridized carbons (Fsp3) is 0.195. The molecule has 0 saturated carbocycles. The first-order valence-corrected chi connectivity index (χ1v) is 16.7. The van der Waals surface area contributed by atoms with Crippen LogP contribution in [0.25, 0.3) is 11.1 Å². The Hall–Kier alpha value is -6.75. The first-order chi connectivity index (χ1) is 25.8. The second kappa shape index (κ2) is 19.2. The van der Waals surface area contributed by atoms with E-state index in [9.17, 15) is 39.6 Å². The van der Waals surface area contributed by atoms with Gasteiger partial charge in [0.15, 0.2) is 5.88 Å². The highest BCUT2D eigenvalue weighted by molar-refractivity contribution is 5.98. The third kappa shape index (κ3) is 12.5. The molecule has 4 rings (SSSR count). The zero-order valence-corrected chi connectivity index (χ0v) is 29.4. The van der Waals surface area contributed by atoms with Crippen LogP contribution in [0.15, 0.2) is 103 Å². The number of ether oxygens (including phenoxy) is 1. The summed E-state index contributed by atoms with van der Waals surface area (Å²) in [6.45, 7) is 2.17. The number of hydrogen-bond donors (Lipinski definition) is 1. The molecule has 0 spiro atoms. The zero-order valence-electron chi connectivity index (χ0n) is 29.4. The number of pyridine rings is 1. The summed E-state index contributed by atoms with van der Waals surface area (Å²) in [6.07, 6.45) is 0.734. The average molecular weight is 729 g/mol. The first kappa shape index (κ1) is 40.0. The van der Waals surface area contributed by atoms with E-state index < -0.39 is 50.1 Å². The number of carboxylic acids is 4. The van der Waals surface area contributed by atoms with Crippen LogP contribution in [0.4, 0.5) is 0 Å². The number of aliphatic carboxylic acids is 4. The van der Waals surface area contributed by atoms with E-state index in [1.54, 1.807) is 0 Å². The summed E-state index contributed by atoms with van der Waals surface area (Å²) in [7, 11) is 0. The van der Waals surface area contributed by atoms with Gasteiger partial charge in [-0.3, -0.25) is 14.8 Å². The highest BCUT2D eigenvalue weighted by Gasteiger charge is 2.15. The number of aromatic nitrogens is 1. The number of carboxylic acid groups (broad SMARTS) is 4. The van der Waals surface area contributed by atoms with Gasteiger partial charge in [-0.1, -0.05) is 73.4 Å². The Morgan fingerprint density at radius 1 is 0.667 bits per heavy atom. The quantitative estimate of drug-likeness (QED) is 0.0760. The SMILES string of the molecule is C=C(N)Oc1ccc(/C(=C(/CC)c2ccccc2)c2ccc(C#Cc3cc(CN(CC(=O)[O-])CC(=O)[O-])nc(CN(CC(=O)[O-])CC(=O)[O-])c3)cc2)cc1. The summed E-state index contributed by atoms with van der Waals surface area (Å²) in [5.41, 5.74) is 12.0. The van der Waals surface area contributed by atoms with Crippen molar-refractivity contribution >= 4 is 35.0 Å². The lowest BCUT2D eigenvalue weighted by Gasteiger charge is -2.24. The molecular weight excluding hydrogens is 692 g/mol. The molecular formula is C41H36N4O9-4. The topological polar surface area (TPSA) is 215 Å². The Kier molecular flexibility index (Phi) is 14.2. The minimum Gasteiger partial charge on any atom is -0.549 e.